The van der Waals surface area contributed by atoms with Gasteiger partial charge in [-0.3, -0.25) is 29.0 Å². The lowest BCUT2D eigenvalue weighted by molar-refractivity contribution is -0.143. The predicted molar refractivity (Wildman–Crippen MR) is 154 cm³/mol. The SMILES string of the molecule is NC(=O)CCC(N)C(=O)NC(CC(=O)O)C(=O)NC(CCCN=C(N)N)C(=O)NC(Cc1c[nH]c2ccccc12)C(=O)O. The lowest BCUT2D eigenvalue weighted by Gasteiger charge is -2.24. The van der Waals surface area contributed by atoms with E-state index in [2.05, 4.69) is 25.9 Å². The Kier molecular flexibility index (Phi) is 12.9. The number of carboxylic acid groups (broad SMARTS) is 2. The lowest BCUT2D eigenvalue weighted by atomic mass is 10.0. The zero-order valence-electron chi connectivity index (χ0n) is 23.2. The van der Waals surface area contributed by atoms with Crippen molar-refractivity contribution in [2.24, 2.45) is 27.9 Å². The number of amides is 4. The minimum Gasteiger partial charge on any atom is -0.481 e. The van der Waals surface area contributed by atoms with Crippen LogP contribution in [0.2, 0.25) is 0 Å². The van der Waals surface area contributed by atoms with Gasteiger partial charge in [-0.15, -0.1) is 0 Å². The molecule has 17 heteroatoms. The highest BCUT2D eigenvalue weighted by molar-refractivity contribution is 5.96. The van der Waals surface area contributed by atoms with Gasteiger partial charge in [0.2, 0.25) is 23.6 Å². The predicted octanol–water partition coefficient (Wildman–Crippen LogP) is -2.63. The number of carboxylic acids is 2. The van der Waals surface area contributed by atoms with E-state index >= 15 is 0 Å². The van der Waals surface area contributed by atoms with Crippen LogP contribution in [0.15, 0.2) is 35.5 Å². The maximum Gasteiger partial charge on any atom is 0.326 e. The molecule has 0 spiro atoms. The number of nitrogens with two attached hydrogens (primary N) is 4. The van der Waals surface area contributed by atoms with E-state index in [-0.39, 0.29) is 44.6 Å². The molecule has 0 bridgehead atoms. The monoisotopic (exact) mass is 603 g/mol. The first-order valence-electron chi connectivity index (χ1n) is 13.3. The topological polar surface area (TPSA) is 311 Å². The molecular formula is C26H37N9O8. The molecule has 0 aliphatic rings. The van der Waals surface area contributed by atoms with Crippen LogP contribution in [-0.4, -0.2) is 87.4 Å². The molecule has 4 unspecified atom stereocenters. The molecule has 0 aliphatic heterocycles. The molecule has 2 rings (SSSR count). The third-order valence-corrected chi connectivity index (χ3v) is 6.34. The molecule has 0 saturated heterocycles. The molecule has 43 heavy (non-hydrogen) atoms. The number of hydrogen-bond acceptors (Lipinski definition) is 8. The van der Waals surface area contributed by atoms with Crippen molar-refractivity contribution < 1.29 is 39.0 Å². The molecule has 17 nitrogen and oxygen atoms in total. The van der Waals surface area contributed by atoms with E-state index in [0.717, 1.165) is 10.9 Å². The molecule has 234 valence electrons. The van der Waals surface area contributed by atoms with Gasteiger partial charge in [-0.05, 0) is 30.9 Å². The Morgan fingerprint density at radius 2 is 1.49 bits per heavy atom. The zero-order chi connectivity index (χ0) is 32.1. The summed E-state index contributed by atoms with van der Waals surface area (Å²) in [5, 5.41) is 26.9. The van der Waals surface area contributed by atoms with E-state index in [0.29, 0.717) is 5.56 Å². The van der Waals surface area contributed by atoms with Crippen LogP contribution in [0, 0.1) is 0 Å². The molecule has 4 amide bonds. The number of aromatic amines is 1. The molecule has 0 saturated carbocycles. The Bertz CT molecular complexity index is 1360. The fourth-order valence-corrected chi connectivity index (χ4v) is 4.13. The van der Waals surface area contributed by atoms with Gasteiger partial charge in [0.15, 0.2) is 5.96 Å². The Labute approximate surface area is 245 Å². The second-order valence-electron chi connectivity index (χ2n) is 9.74. The van der Waals surface area contributed by atoms with Crippen molar-refractivity contribution in [3.8, 4) is 0 Å². The molecule has 4 atom stereocenters. The Hall–Kier alpha value is -5.19. The van der Waals surface area contributed by atoms with Gasteiger partial charge >= 0.3 is 11.9 Å². The van der Waals surface area contributed by atoms with Crippen molar-refractivity contribution in [2.75, 3.05) is 6.54 Å². The number of carbonyl (C=O) groups is 6. The van der Waals surface area contributed by atoms with Crippen molar-refractivity contribution >= 4 is 52.4 Å². The number of guanidine groups is 1. The fraction of sp³-hybridized carbons (Fsp3) is 0.423. The molecule has 0 radical (unpaired) electrons. The summed E-state index contributed by atoms with van der Waals surface area (Å²) in [5.41, 5.74) is 22.8. The first-order chi connectivity index (χ1) is 20.3. The molecular weight excluding hydrogens is 566 g/mol. The molecule has 1 heterocycles. The summed E-state index contributed by atoms with van der Waals surface area (Å²) in [5.74, 6) is -6.50. The zero-order valence-corrected chi connectivity index (χ0v) is 23.2. The normalized spacial score (nSPS) is 13.6. The van der Waals surface area contributed by atoms with E-state index in [1.165, 1.54) is 0 Å². The fourth-order valence-electron chi connectivity index (χ4n) is 4.13. The third-order valence-electron chi connectivity index (χ3n) is 6.34. The quantitative estimate of drug-likeness (QED) is 0.0477. The summed E-state index contributed by atoms with van der Waals surface area (Å²) in [6.45, 7) is 0.0731. The van der Waals surface area contributed by atoms with E-state index < -0.39 is 66.2 Å². The van der Waals surface area contributed by atoms with Crippen LogP contribution in [0.5, 0.6) is 0 Å². The summed E-state index contributed by atoms with van der Waals surface area (Å²) < 4.78 is 0. The molecule has 1 aromatic heterocycles. The number of primary amides is 1. The van der Waals surface area contributed by atoms with E-state index in [1.54, 1.807) is 18.3 Å². The second kappa shape index (κ2) is 16.3. The van der Waals surface area contributed by atoms with E-state index in [1.807, 2.05) is 12.1 Å². The van der Waals surface area contributed by atoms with Crippen LogP contribution < -0.4 is 38.9 Å². The maximum absolute atomic E-state index is 13.3. The van der Waals surface area contributed by atoms with Crippen LogP contribution in [0.25, 0.3) is 10.9 Å². The smallest absolute Gasteiger partial charge is 0.326 e. The van der Waals surface area contributed by atoms with Crippen molar-refractivity contribution in [1.29, 1.82) is 0 Å². The van der Waals surface area contributed by atoms with E-state index in [4.69, 9.17) is 22.9 Å². The number of aliphatic imine (C=N–C) groups is 1. The van der Waals surface area contributed by atoms with Crippen molar-refractivity contribution in [2.45, 2.75) is 62.7 Å². The Morgan fingerprint density at radius 3 is 2.12 bits per heavy atom. The number of aliphatic carboxylic acids is 2. The number of nitrogens with zero attached hydrogens (tertiary/aromatic N) is 1. The summed E-state index contributed by atoms with van der Waals surface area (Å²) >= 11 is 0. The number of rotatable bonds is 18. The van der Waals surface area contributed by atoms with Gasteiger partial charge < -0.3 is 54.1 Å². The first kappa shape index (κ1) is 34.0. The van der Waals surface area contributed by atoms with Crippen molar-refractivity contribution in [3.63, 3.8) is 0 Å². The third kappa shape index (κ3) is 11.3. The number of hydrogen-bond donors (Lipinski definition) is 10. The van der Waals surface area contributed by atoms with Crippen LogP contribution >= 0.6 is 0 Å². The number of carbonyl (C=O) groups excluding carboxylic acids is 4. The van der Waals surface area contributed by atoms with Crippen LogP contribution in [-0.2, 0) is 35.2 Å². The number of fused-ring (bicyclic) bond motifs is 1. The van der Waals surface area contributed by atoms with Crippen molar-refractivity contribution in [3.05, 3.63) is 36.0 Å². The average molecular weight is 604 g/mol. The highest BCUT2D eigenvalue weighted by atomic mass is 16.4. The standard InChI is InChI=1S/C26H37N9O8/c27-15(7-8-20(28)36)22(39)34-18(11-21(37)38)24(41)33-17(6-3-9-31-26(29)30)23(40)35-19(25(42)43)10-13-12-32-16-5-2-1-4-14(13)16/h1-2,4-5,12,15,17-19,32H,3,6-11,27H2,(H2,28,36)(H,33,41)(H,34,39)(H,35,40)(H,37,38)(H,42,43)(H4,29,30,31). The number of nitrogens with one attached hydrogen (secondary N) is 4. The maximum atomic E-state index is 13.3. The van der Waals surface area contributed by atoms with Gasteiger partial charge in [-0.25, -0.2) is 4.79 Å². The van der Waals surface area contributed by atoms with Gasteiger partial charge in [-0.2, -0.15) is 0 Å². The number of H-pyrrole nitrogens is 1. The Balaban J connectivity index is 2.22. The highest BCUT2D eigenvalue weighted by Gasteiger charge is 2.31. The van der Waals surface area contributed by atoms with Crippen LogP contribution in [0.1, 0.15) is 37.7 Å². The van der Waals surface area contributed by atoms with Crippen molar-refractivity contribution in [1.82, 2.24) is 20.9 Å². The minimum atomic E-state index is -1.65. The lowest BCUT2D eigenvalue weighted by Crippen LogP contribution is -2.57. The summed E-state index contributed by atoms with van der Waals surface area (Å²) in [6.07, 6.45) is 0.428. The molecule has 0 aliphatic carbocycles. The minimum absolute atomic E-state index is 0.0698. The molecule has 14 N–H and O–H groups in total. The van der Waals surface area contributed by atoms with Gasteiger partial charge in [0, 0.05) is 36.5 Å². The van der Waals surface area contributed by atoms with Gasteiger partial charge in [0.1, 0.15) is 18.1 Å². The van der Waals surface area contributed by atoms with E-state index in [9.17, 15) is 39.0 Å². The van der Waals surface area contributed by atoms with Crippen LogP contribution in [0.4, 0.5) is 0 Å². The van der Waals surface area contributed by atoms with Crippen LogP contribution in [0.3, 0.4) is 0 Å². The number of aromatic nitrogens is 1. The van der Waals surface area contributed by atoms with Gasteiger partial charge in [-0.1, -0.05) is 18.2 Å². The molecule has 0 fully saturated rings. The number of benzene rings is 1. The average Bonchev–Trinajstić information content (AvgIpc) is 3.34. The number of para-hydroxylation sites is 1. The summed E-state index contributed by atoms with van der Waals surface area (Å²) in [7, 11) is 0. The first-order valence-corrected chi connectivity index (χ1v) is 13.3. The molecule has 1 aromatic carbocycles. The molecule has 2 aromatic rings. The largest absolute Gasteiger partial charge is 0.481 e. The highest BCUT2D eigenvalue weighted by Crippen LogP contribution is 2.19. The Morgan fingerprint density at radius 1 is 0.860 bits per heavy atom. The second-order valence-corrected chi connectivity index (χ2v) is 9.74. The van der Waals surface area contributed by atoms with Gasteiger partial charge in [0.05, 0.1) is 12.5 Å². The summed E-state index contributed by atoms with van der Waals surface area (Å²) in [6, 6.07) is 1.54. The summed E-state index contributed by atoms with van der Waals surface area (Å²) in [4.78, 5) is 80.2. The van der Waals surface area contributed by atoms with Gasteiger partial charge in [0.25, 0.3) is 0 Å².